The lowest BCUT2D eigenvalue weighted by molar-refractivity contribution is -0.159. The highest BCUT2D eigenvalue weighted by Gasteiger charge is 2.38. The van der Waals surface area contributed by atoms with Gasteiger partial charge in [0.2, 0.25) is 5.82 Å². The highest BCUT2D eigenvalue weighted by Crippen LogP contribution is 2.31. The summed E-state index contributed by atoms with van der Waals surface area (Å²) in [5, 5.41) is 15.0. The molecule has 1 saturated heterocycles. The first-order chi connectivity index (χ1) is 16.3. The number of halogens is 3. The van der Waals surface area contributed by atoms with E-state index in [0.717, 1.165) is 11.3 Å². The maximum atomic E-state index is 12.9. The number of thiophene rings is 1. The van der Waals surface area contributed by atoms with E-state index in [1.165, 1.54) is 12.1 Å². The van der Waals surface area contributed by atoms with Gasteiger partial charge in [-0.1, -0.05) is 5.16 Å². The fraction of sp³-hybridized carbons (Fsp3) is 0.286. The quantitative estimate of drug-likeness (QED) is 0.582. The molecule has 2 aromatic heterocycles. The molecule has 1 atom stereocenters. The third-order valence-electron chi connectivity index (χ3n) is 4.97. The second-order valence-electron chi connectivity index (χ2n) is 7.21. The topological polar surface area (TPSA) is 121 Å². The van der Waals surface area contributed by atoms with E-state index >= 15 is 0 Å². The lowest BCUT2D eigenvalue weighted by Gasteiger charge is -2.35. The number of ether oxygens (including phenoxy) is 1. The number of nitriles is 1. The Morgan fingerprint density at radius 1 is 1.24 bits per heavy atom. The highest BCUT2D eigenvalue weighted by atomic mass is 32.1. The minimum Gasteiger partial charge on any atom is -0.377 e. The van der Waals surface area contributed by atoms with Crippen LogP contribution in [-0.2, 0) is 10.9 Å². The SMILES string of the molecule is N#Cc1ccc(C(=O)N2CCOCC2CNC(=O)c2ccc(-c3noc(C(F)(F)F)n3)s2)cc1. The number of carbonyl (C=O) groups excluding carboxylic acids is 2. The van der Waals surface area contributed by atoms with E-state index < -0.39 is 24.0 Å². The molecule has 0 bridgehead atoms. The van der Waals surface area contributed by atoms with Gasteiger partial charge in [0, 0.05) is 18.7 Å². The van der Waals surface area contributed by atoms with Crippen LogP contribution < -0.4 is 5.32 Å². The van der Waals surface area contributed by atoms with Gasteiger partial charge in [0.1, 0.15) is 0 Å². The van der Waals surface area contributed by atoms with E-state index in [1.807, 2.05) is 6.07 Å². The van der Waals surface area contributed by atoms with Crippen LogP contribution in [0.1, 0.15) is 31.5 Å². The lowest BCUT2D eigenvalue weighted by Crippen LogP contribution is -2.53. The second-order valence-corrected chi connectivity index (χ2v) is 8.30. The van der Waals surface area contributed by atoms with Crippen LogP contribution in [0, 0.1) is 11.3 Å². The Hall–Kier alpha value is -3.76. The van der Waals surface area contributed by atoms with Crippen molar-refractivity contribution in [2.45, 2.75) is 12.2 Å². The zero-order valence-electron chi connectivity index (χ0n) is 17.3. The van der Waals surface area contributed by atoms with Crippen LogP contribution in [0.5, 0.6) is 0 Å². The zero-order chi connectivity index (χ0) is 24.3. The van der Waals surface area contributed by atoms with Gasteiger partial charge in [-0.3, -0.25) is 9.59 Å². The van der Waals surface area contributed by atoms with Gasteiger partial charge in [0.25, 0.3) is 11.8 Å². The maximum absolute atomic E-state index is 12.9. The van der Waals surface area contributed by atoms with Gasteiger partial charge in [0.15, 0.2) is 0 Å². The Bertz CT molecular complexity index is 1230. The number of nitrogens with zero attached hydrogens (tertiary/aromatic N) is 4. The molecule has 9 nitrogen and oxygen atoms in total. The van der Waals surface area contributed by atoms with Crippen LogP contribution in [0.25, 0.3) is 10.7 Å². The van der Waals surface area contributed by atoms with E-state index in [9.17, 15) is 22.8 Å². The average molecular weight is 491 g/mol. The zero-order valence-corrected chi connectivity index (χ0v) is 18.2. The first kappa shape index (κ1) is 23.4. The number of hydrogen-bond donors (Lipinski definition) is 1. The molecule has 3 aromatic rings. The van der Waals surface area contributed by atoms with Gasteiger partial charge in [-0.15, -0.1) is 11.3 Å². The molecular weight excluding hydrogens is 475 g/mol. The first-order valence-corrected chi connectivity index (χ1v) is 10.8. The normalized spacial score (nSPS) is 16.2. The number of hydrogen-bond acceptors (Lipinski definition) is 8. The third kappa shape index (κ3) is 5.08. The number of alkyl halides is 3. The van der Waals surface area contributed by atoms with Crippen LogP contribution >= 0.6 is 11.3 Å². The number of benzene rings is 1. The fourth-order valence-corrected chi connectivity index (χ4v) is 4.11. The van der Waals surface area contributed by atoms with Crippen LogP contribution in [0.15, 0.2) is 40.9 Å². The molecule has 1 unspecified atom stereocenters. The first-order valence-electron chi connectivity index (χ1n) is 9.94. The number of nitrogens with one attached hydrogen (secondary N) is 1. The molecule has 4 rings (SSSR count). The van der Waals surface area contributed by atoms with Crippen molar-refractivity contribution < 1.29 is 32.0 Å². The van der Waals surface area contributed by atoms with Crippen LogP contribution in [0.4, 0.5) is 13.2 Å². The Labute approximate surface area is 194 Å². The number of amides is 2. The van der Waals surface area contributed by atoms with E-state index in [-0.39, 0.29) is 34.6 Å². The molecule has 0 saturated carbocycles. The van der Waals surface area contributed by atoms with Gasteiger partial charge < -0.3 is 19.5 Å². The molecule has 1 N–H and O–H groups in total. The van der Waals surface area contributed by atoms with E-state index in [0.29, 0.717) is 24.3 Å². The van der Waals surface area contributed by atoms with Gasteiger partial charge in [-0.25, -0.2) is 0 Å². The molecule has 176 valence electrons. The largest absolute Gasteiger partial charge is 0.471 e. The van der Waals surface area contributed by atoms with Crippen molar-refractivity contribution in [3.05, 3.63) is 58.3 Å². The standard InChI is InChI=1S/C21H16F3N5O4S/c22-21(23,24)20-27-17(28-33-20)15-5-6-16(34-15)18(30)26-10-14-11-32-8-7-29(14)19(31)13-3-1-12(9-25)2-4-13/h1-6,14H,7-8,10-11H2,(H,26,30). The average Bonchev–Trinajstić information content (AvgIpc) is 3.52. The summed E-state index contributed by atoms with van der Waals surface area (Å²) in [7, 11) is 0. The summed E-state index contributed by atoms with van der Waals surface area (Å²) in [6, 6.07) is 10.7. The Morgan fingerprint density at radius 3 is 2.68 bits per heavy atom. The van der Waals surface area contributed by atoms with Crippen LogP contribution in [0.3, 0.4) is 0 Å². The Kier molecular flexibility index (Phi) is 6.62. The summed E-state index contributed by atoms with van der Waals surface area (Å²) in [6.45, 7) is 1.02. The summed E-state index contributed by atoms with van der Waals surface area (Å²) in [5.74, 6) is -2.45. The highest BCUT2D eigenvalue weighted by molar-refractivity contribution is 7.17. The van der Waals surface area contributed by atoms with Gasteiger partial charge in [-0.05, 0) is 36.4 Å². The number of morpholine rings is 1. The molecule has 1 aliphatic rings. The number of carbonyl (C=O) groups is 2. The molecule has 1 fully saturated rings. The smallest absolute Gasteiger partial charge is 0.377 e. The lowest BCUT2D eigenvalue weighted by atomic mass is 10.1. The molecule has 13 heteroatoms. The predicted molar refractivity (Wildman–Crippen MR) is 112 cm³/mol. The molecule has 3 heterocycles. The number of rotatable bonds is 5. The van der Waals surface area contributed by atoms with Crippen molar-refractivity contribution in [3.63, 3.8) is 0 Å². The van der Waals surface area contributed by atoms with Crippen LogP contribution in [0.2, 0.25) is 0 Å². The van der Waals surface area contributed by atoms with Crippen molar-refractivity contribution in [2.75, 3.05) is 26.3 Å². The van der Waals surface area contributed by atoms with E-state index in [2.05, 4.69) is 20.0 Å². The summed E-state index contributed by atoms with van der Waals surface area (Å²) in [5.41, 5.74) is 0.853. The van der Waals surface area contributed by atoms with E-state index in [1.54, 1.807) is 29.2 Å². The molecular formula is C21H16F3N5O4S. The van der Waals surface area contributed by atoms with E-state index in [4.69, 9.17) is 10.00 Å². The van der Waals surface area contributed by atoms with Crippen molar-refractivity contribution in [1.29, 1.82) is 5.26 Å². The molecule has 1 aromatic carbocycles. The molecule has 1 aliphatic heterocycles. The molecule has 0 spiro atoms. The molecule has 34 heavy (non-hydrogen) atoms. The molecule has 2 amide bonds. The maximum Gasteiger partial charge on any atom is 0.471 e. The summed E-state index contributed by atoms with van der Waals surface area (Å²) in [6.07, 6.45) is -4.76. The van der Waals surface area contributed by atoms with Gasteiger partial charge in [0.05, 0.1) is 40.6 Å². The van der Waals surface area contributed by atoms with Crippen molar-refractivity contribution in [3.8, 4) is 16.8 Å². The van der Waals surface area contributed by atoms with Crippen molar-refractivity contribution in [2.24, 2.45) is 0 Å². The van der Waals surface area contributed by atoms with Gasteiger partial charge in [-0.2, -0.15) is 23.4 Å². The third-order valence-corrected chi connectivity index (χ3v) is 6.05. The monoisotopic (exact) mass is 491 g/mol. The summed E-state index contributed by atoms with van der Waals surface area (Å²) < 4.78 is 47.6. The Morgan fingerprint density at radius 2 is 2.00 bits per heavy atom. The predicted octanol–water partition coefficient (Wildman–Crippen LogP) is 2.96. The molecule has 0 aliphatic carbocycles. The minimum atomic E-state index is -4.76. The van der Waals surface area contributed by atoms with Crippen molar-refractivity contribution >= 4 is 23.2 Å². The summed E-state index contributed by atoms with van der Waals surface area (Å²) in [4.78, 5) is 30.9. The van der Waals surface area contributed by atoms with Crippen molar-refractivity contribution in [1.82, 2.24) is 20.4 Å². The second kappa shape index (κ2) is 9.62. The molecule has 0 radical (unpaired) electrons. The van der Waals surface area contributed by atoms with Gasteiger partial charge >= 0.3 is 12.1 Å². The Balaban J connectivity index is 1.40. The number of aromatic nitrogens is 2. The minimum absolute atomic E-state index is 0.106. The van der Waals surface area contributed by atoms with Crippen LogP contribution in [-0.4, -0.2) is 59.2 Å². The fourth-order valence-electron chi connectivity index (χ4n) is 3.26. The summed E-state index contributed by atoms with van der Waals surface area (Å²) >= 11 is 0.910.